The van der Waals surface area contributed by atoms with E-state index in [9.17, 15) is 4.79 Å². The van der Waals surface area contributed by atoms with Crippen LogP contribution in [0.2, 0.25) is 0 Å². The first kappa shape index (κ1) is 16.7. The van der Waals surface area contributed by atoms with Crippen LogP contribution in [0.1, 0.15) is 37.1 Å². The number of aryl methyl sites for hydroxylation is 1. The third-order valence-electron chi connectivity index (χ3n) is 4.73. The van der Waals surface area contributed by atoms with Crippen molar-refractivity contribution in [3.05, 3.63) is 47.7 Å². The van der Waals surface area contributed by atoms with Gasteiger partial charge in [0.2, 0.25) is 5.91 Å². The number of hydrogen-bond acceptors (Lipinski definition) is 3. The van der Waals surface area contributed by atoms with Crippen LogP contribution in [0.5, 0.6) is 0 Å². The molecule has 1 amide bonds. The van der Waals surface area contributed by atoms with Crippen LogP contribution in [0.15, 0.2) is 36.4 Å². The van der Waals surface area contributed by atoms with Crippen molar-refractivity contribution in [3.63, 3.8) is 0 Å². The van der Waals surface area contributed by atoms with Crippen LogP contribution in [0.4, 0.5) is 5.82 Å². The molecule has 5 heteroatoms. The van der Waals surface area contributed by atoms with Crippen molar-refractivity contribution in [2.24, 2.45) is 5.92 Å². The topological polar surface area (TPSA) is 50.2 Å². The van der Waals surface area contributed by atoms with Crippen molar-refractivity contribution in [2.45, 2.75) is 32.7 Å². The molecule has 2 atom stereocenters. The molecule has 0 radical (unpaired) electrons. The normalized spacial score (nSPS) is 21.4. The maximum Gasteiger partial charge on any atom is 0.230 e. The molecule has 1 aliphatic rings. The standard InChI is InChI=1S/C19H26N4O/c1-13(2)23-14(3)10-18(21-23)20-19(24)17-12-22(4)11-16(17)15-8-6-5-7-9-15/h5-10,13,16-17H,11-12H2,1-4H3,(H,20,21,24)/t16-,17+/m0/s1. The average Bonchev–Trinajstić information content (AvgIpc) is 3.11. The molecule has 5 nitrogen and oxygen atoms in total. The van der Waals surface area contributed by atoms with Crippen molar-refractivity contribution in [3.8, 4) is 0 Å². The molecule has 0 aliphatic carbocycles. The lowest BCUT2D eigenvalue weighted by Gasteiger charge is -2.17. The van der Waals surface area contributed by atoms with Crippen LogP contribution < -0.4 is 5.32 Å². The highest BCUT2D eigenvalue weighted by Gasteiger charge is 2.37. The molecule has 128 valence electrons. The minimum Gasteiger partial charge on any atom is -0.309 e. The van der Waals surface area contributed by atoms with E-state index in [2.05, 4.69) is 48.3 Å². The Hall–Kier alpha value is -2.14. The summed E-state index contributed by atoms with van der Waals surface area (Å²) in [7, 11) is 2.07. The molecular weight excluding hydrogens is 300 g/mol. The van der Waals surface area contributed by atoms with Gasteiger partial charge in [0, 0.05) is 36.8 Å². The van der Waals surface area contributed by atoms with Gasteiger partial charge in [0.15, 0.2) is 5.82 Å². The molecule has 0 bridgehead atoms. The minimum atomic E-state index is -0.0538. The van der Waals surface area contributed by atoms with E-state index in [1.165, 1.54) is 5.56 Å². The second kappa shape index (κ2) is 6.77. The van der Waals surface area contributed by atoms with E-state index in [0.29, 0.717) is 5.82 Å². The summed E-state index contributed by atoms with van der Waals surface area (Å²) in [6.45, 7) is 7.86. The first-order valence-corrected chi connectivity index (χ1v) is 8.56. The number of rotatable bonds is 4. The quantitative estimate of drug-likeness (QED) is 0.939. The van der Waals surface area contributed by atoms with Crippen molar-refractivity contribution in [1.82, 2.24) is 14.7 Å². The maximum absolute atomic E-state index is 12.8. The van der Waals surface area contributed by atoms with Crippen LogP contribution in [-0.2, 0) is 4.79 Å². The molecular formula is C19H26N4O. The highest BCUT2D eigenvalue weighted by atomic mass is 16.2. The van der Waals surface area contributed by atoms with Gasteiger partial charge in [0.05, 0.1) is 5.92 Å². The van der Waals surface area contributed by atoms with E-state index in [1.54, 1.807) is 0 Å². The molecule has 1 saturated heterocycles. The number of likely N-dealkylation sites (tertiary alicyclic amines) is 1. The first-order valence-electron chi connectivity index (χ1n) is 8.56. The van der Waals surface area contributed by atoms with E-state index in [4.69, 9.17) is 0 Å². The molecule has 1 aromatic heterocycles. The summed E-state index contributed by atoms with van der Waals surface area (Å²) in [5, 5.41) is 7.53. The van der Waals surface area contributed by atoms with Gasteiger partial charge in [-0.05, 0) is 33.4 Å². The van der Waals surface area contributed by atoms with Crippen LogP contribution in [0, 0.1) is 12.8 Å². The molecule has 1 aliphatic heterocycles. The number of nitrogens with zero attached hydrogens (tertiary/aromatic N) is 3. The Morgan fingerprint density at radius 3 is 2.58 bits per heavy atom. The van der Waals surface area contributed by atoms with Crippen molar-refractivity contribution in [2.75, 3.05) is 25.5 Å². The molecule has 0 saturated carbocycles. The lowest BCUT2D eigenvalue weighted by molar-refractivity contribution is -0.119. The molecule has 1 N–H and O–H groups in total. The SMILES string of the molecule is Cc1cc(NC(=O)[C@@H]2CN(C)C[C@H]2c2ccccc2)nn1C(C)C. The molecule has 2 heterocycles. The zero-order valence-corrected chi connectivity index (χ0v) is 14.9. The van der Waals surface area contributed by atoms with Gasteiger partial charge in [0.25, 0.3) is 0 Å². The predicted octanol–water partition coefficient (Wildman–Crippen LogP) is 3.06. The van der Waals surface area contributed by atoms with Gasteiger partial charge in [0.1, 0.15) is 0 Å². The number of likely N-dealkylation sites (N-methyl/N-ethyl adjacent to an activating group) is 1. The van der Waals surface area contributed by atoms with Gasteiger partial charge in [-0.1, -0.05) is 30.3 Å². The van der Waals surface area contributed by atoms with Crippen molar-refractivity contribution >= 4 is 11.7 Å². The number of nitrogens with one attached hydrogen (secondary N) is 1. The summed E-state index contributed by atoms with van der Waals surface area (Å²) >= 11 is 0. The number of hydrogen-bond donors (Lipinski definition) is 1. The fourth-order valence-corrected chi connectivity index (χ4v) is 3.59. The second-order valence-corrected chi connectivity index (χ2v) is 7.04. The second-order valence-electron chi connectivity index (χ2n) is 7.04. The largest absolute Gasteiger partial charge is 0.309 e. The van der Waals surface area contributed by atoms with Gasteiger partial charge < -0.3 is 10.2 Å². The monoisotopic (exact) mass is 326 g/mol. The Bertz CT molecular complexity index is 707. The van der Waals surface area contributed by atoms with Crippen LogP contribution in [-0.4, -0.2) is 40.7 Å². The van der Waals surface area contributed by atoms with Gasteiger partial charge in [-0.2, -0.15) is 5.10 Å². The van der Waals surface area contributed by atoms with Gasteiger partial charge in [-0.3, -0.25) is 9.48 Å². The number of benzene rings is 1. The summed E-state index contributed by atoms with van der Waals surface area (Å²) in [4.78, 5) is 15.1. The van der Waals surface area contributed by atoms with E-state index in [1.807, 2.05) is 35.9 Å². The van der Waals surface area contributed by atoms with Gasteiger partial charge >= 0.3 is 0 Å². The smallest absolute Gasteiger partial charge is 0.230 e. The number of aromatic nitrogens is 2. The molecule has 3 rings (SSSR count). The molecule has 2 aromatic rings. The third-order valence-corrected chi connectivity index (χ3v) is 4.73. The zero-order chi connectivity index (χ0) is 17.3. The molecule has 1 aromatic carbocycles. The molecule has 1 fully saturated rings. The number of carbonyl (C=O) groups is 1. The Kier molecular flexibility index (Phi) is 4.71. The maximum atomic E-state index is 12.8. The lowest BCUT2D eigenvalue weighted by atomic mass is 9.88. The number of anilines is 1. The molecule has 0 unspecified atom stereocenters. The van der Waals surface area contributed by atoms with Crippen LogP contribution in [0.25, 0.3) is 0 Å². The Morgan fingerprint density at radius 2 is 1.96 bits per heavy atom. The van der Waals surface area contributed by atoms with E-state index in [0.717, 1.165) is 18.8 Å². The highest BCUT2D eigenvalue weighted by Crippen LogP contribution is 2.32. The van der Waals surface area contributed by atoms with Crippen LogP contribution >= 0.6 is 0 Å². The van der Waals surface area contributed by atoms with Crippen LogP contribution in [0.3, 0.4) is 0 Å². The minimum absolute atomic E-state index is 0.0538. The molecule has 24 heavy (non-hydrogen) atoms. The van der Waals surface area contributed by atoms with E-state index in [-0.39, 0.29) is 23.8 Å². The Morgan fingerprint density at radius 1 is 1.25 bits per heavy atom. The summed E-state index contributed by atoms with van der Waals surface area (Å²) in [5.74, 6) is 0.876. The van der Waals surface area contributed by atoms with Gasteiger partial charge in [-0.25, -0.2) is 0 Å². The van der Waals surface area contributed by atoms with Crippen molar-refractivity contribution < 1.29 is 4.79 Å². The predicted molar refractivity (Wildman–Crippen MR) is 96.1 cm³/mol. The lowest BCUT2D eigenvalue weighted by Crippen LogP contribution is -2.28. The first-order chi connectivity index (χ1) is 11.5. The fourth-order valence-electron chi connectivity index (χ4n) is 3.59. The Labute approximate surface area is 143 Å². The number of amides is 1. The third kappa shape index (κ3) is 3.36. The fraction of sp³-hybridized carbons (Fsp3) is 0.474. The summed E-state index contributed by atoms with van der Waals surface area (Å²) in [5.41, 5.74) is 2.29. The molecule has 0 spiro atoms. The number of carbonyl (C=O) groups excluding carboxylic acids is 1. The summed E-state index contributed by atoms with van der Waals surface area (Å²) in [6, 6.07) is 12.5. The van der Waals surface area contributed by atoms with Crippen molar-refractivity contribution in [1.29, 1.82) is 0 Å². The van der Waals surface area contributed by atoms with E-state index < -0.39 is 0 Å². The summed E-state index contributed by atoms with van der Waals surface area (Å²) < 4.78 is 1.94. The Balaban J connectivity index is 1.77. The van der Waals surface area contributed by atoms with Gasteiger partial charge in [-0.15, -0.1) is 0 Å². The summed E-state index contributed by atoms with van der Waals surface area (Å²) in [6.07, 6.45) is 0. The average molecular weight is 326 g/mol. The zero-order valence-electron chi connectivity index (χ0n) is 14.9. The van der Waals surface area contributed by atoms with E-state index >= 15 is 0 Å². The highest BCUT2D eigenvalue weighted by molar-refractivity contribution is 5.92.